The zero-order valence-corrected chi connectivity index (χ0v) is 34.1. The van der Waals surface area contributed by atoms with Gasteiger partial charge in [0.05, 0.1) is 0 Å². The van der Waals surface area contributed by atoms with Crippen LogP contribution in [0.2, 0.25) is 19.6 Å². The van der Waals surface area contributed by atoms with Crippen molar-refractivity contribution in [1.29, 1.82) is 0 Å². The summed E-state index contributed by atoms with van der Waals surface area (Å²) in [5.74, 6) is 0.553. The van der Waals surface area contributed by atoms with Crippen molar-refractivity contribution in [2.75, 3.05) is 0 Å². The summed E-state index contributed by atoms with van der Waals surface area (Å²) in [7, 11) is -1.07. The molecule has 0 heterocycles. The van der Waals surface area contributed by atoms with E-state index in [4.69, 9.17) is 0 Å². The van der Waals surface area contributed by atoms with Gasteiger partial charge in [-0.3, -0.25) is 6.08 Å². The quantitative estimate of drug-likeness (QED) is 0.206. The van der Waals surface area contributed by atoms with Crippen molar-refractivity contribution in [3.05, 3.63) is 117 Å². The Morgan fingerprint density at radius 3 is 1.91 bits per heavy atom. The van der Waals surface area contributed by atoms with Crippen molar-refractivity contribution >= 4 is 11.3 Å². The van der Waals surface area contributed by atoms with E-state index in [2.05, 4.69) is 161 Å². The monoisotopic (exact) mass is 720 g/mol. The van der Waals surface area contributed by atoms with Crippen LogP contribution in [0, 0.1) is 18.1 Å². The number of hydrogen-bond acceptors (Lipinski definition) is 0. The summed E-state index contributed by atoms with van der Waals surface area (Å²) < 4.78 is 1.55. The Morgan fingerprint density at radius 2 is 1.45 bits per heavy atom. The van der Waals surface area contributed by atoms with Crippen LogP contribution in [-0.2, 0) is 41.5 Å². The normalized spacial score (nSPS) is 15.1. The Balaban J connectivity index is 0.000000358. The molecule has 3 aromatic rings. The van der Waals surface area contributed by atoms with Gasteiger partial charge in [0.1, 0.15) is 0 Å². The average molecular weight is 723 g/mol. The predicted octanol–water partition coefficient (Wildman–Crippen LogP) is 5.01. The molecule has 5 rings (SSSR count). The summed E-state index contributed by atoms with van der Waals surface area (Å²) in [6, 6.07) is 25.8. The molecule has 2 aliphatic carbocycles. The molecule has 1 unspecified atom stereocenters. The SMILES string of the molecule is CC(C)(C)c1[c-]c2c(cc1)-c1ccc(C(C)(C)C)cc1C2.CC1=[C-]C(C)C=C1[Si](C)(C)C.CC[C](=[Zr+2])c1ccccc1.[Cl-].[Cl-]. The van der Waals surface area contributed by atoms with Gasteiger partial charge in [-0.15, -0.1) is 11.1 Å². The summed E-state index contributed by atoms with van der Waals surface area (Å²) in [4.78, 5) is 0. The second-order valence-corrected chi connectivity index (χ2v) is 21.4. The van der Waals surface area contributed by atoms with Crippen molar-refractivity contribution in [3.63, 3.8) is 0 Å². The van der Waals surface area contributed by atoms with Gasteiger partial charge in [-0.1, -0.05) is 105 Å². The van der Waals surface area contributed by atoms with Crippen molar-refractivity contribution in [2.24, 2.45) is 5.92 Å². The second kappa shape index (κ2) is 16.5. The van der Waals surface area contributed by atoms with Gasteiger partial charge in [0.25, 0.3) is 0 Å². The molecule has 0 nitrogen and oxygen atoms in total. The van der Waals surface area contributed by atoms with Crippen molar-refractivity contribution in [2.45, 2.75) is 106 Å². The smallest absolute Gasteiger partial charge is 1.00 e. The summed E-state index contributed by atoms with van der Waals surface area (Å²) in [5, 5.41) is 1.60. The van der Waals surface area contributed by atoms with E-state index in [-0.39, 0.29) is 35.6 Å². The van der Waals surface area contributed by atoms with E-state index >= 15 is 0 Å². The van der Waals surface area contributed by atoms with E-state index in [1.54, 1.807) is 8.40 Å². The molecule has 236 valence electrons. The molecule has 0 aromatic heterocycles. The van der Waals surface area contributed by atoms with Crippen LogP contribution in [0.15, 0.2) is 77.5 Å². The van der Waals surface area contributed by atoms with Crippen LogP contribution < -0.4 is 24.8 Å². The zero-order valence-electron chi connectivity index (χ0n) is 29.1. The van der Waals surface area contributed by atoms with Crippen molar-refractivity contribution in [1.82, 2.24) is 0 Å². The Kier molecular flexibility index (Phi) is 15.3. The molecule has 0 radical (unpaired) electrons. The van der Waals surface area contributed by atoms with Crippen LogP contribution in [0.3, 0.4) is 0 Å². The first-order chi connectivity index (χ1) is 19.4. The molecule has 0 bridgehead atoms. The third kappa shape index (κ3) is 10.9. The third-order valence-electron chi connectivity index (χ3n) is 8.01. The largest absolute Gasteiger partial charge is 1.00 e. The molecule has 44 heavy (non-hydrogen) atoms. The van der Waals surface area contributed by atoms with E-state index in [0.717, 1.165) is 6.42 Å². The molecule has 3 aromatic carbocycles. The molecule has 0 amide bonds. The first-order valence-corrected chi connectivity index (χ1v) is 20.3. The Bertz CT molecular complexity index is 1400. The molecule has 0 spiro atoms. The number of halogens is 2. The summed E-state index contributed by atoms with van der Waals surface area (Å²) in [6.07, 6.45) is 8.02. The van der Waals surface area contributed by atoms with Gasteiger partial charge >= 0.3 is 76.7 Å². The molecule has 0 fully saturated rings. The minimum absolute atomic E-state index is 0. The maximum atomic E-state index is 3.67. The van der Waals surface area contributed by atoms with Crippen LogP contribution in [0.1, 0.15) is 96.6 Å². The molecule has 0 saturated heterocycles. The third-order valence-corrected chi connectivity index (χ3v) is 11.7. The topological polar surface area (TPSA) is 0 Å². The standard InChI is InChI=1S/C21H25.C10H17Si.C9H10.2ClH.Zr/c1-20(2,3)16-7-9-18-14(12-16)11-15-13-17(21(4,5)6)8-10-19(15)18;1-8-6-9(2)10(7-8)11(3,4)5;1-2-6-9-7-4-3-5-8-9;;;/h7-10,12H,11H2,1-6H3;7-8H,1-5H3;3-5,7-8H,2H2,1H3;2*1H;/q2*-1;;;;+2/p-2. The van der Waals surface area contributed by atoms with Gasteiger partial charge in [-0.05, 0) is 36.5 Å². The number of benzene rings is 3. The Hall–Kier alpha value is -1.31. The molecule has 2 aliphatic rings. The number of fused-ring (bicyclic) bond motifs is 3. The molecular formula is C40H52Cl2SiZr-2. The molecule has 0 saturated carbocycles. The summed E-state index contributed by atoms with van der Waals surface area (Å²) in [6.45, 7) is 27.4. The van der Waals surface area contributed by atoms with Crippen molar-refractivity contribution in [3.8, 4) is 11.1 Å². The van der Waals surface area contributed by atoms with Gasteiger partial charge in [0, 0.05) is 0 Å². The van der Waals surface area contributed by atoms with E-state index in [0.29, 0.717) is 5.92 Å². The fourth-order valence-corrected chi connectivity index (χ4v) is 7.88. The van der Waals surface area contributed by atoms with Gasteiger partial charge < -0.3 is 24.8 Å². The van der Waals surface area contributed by atoms with Gasteiger partial charge in [0.2, 0.25) is 0 Å². The van der Waals surface area contributed by atoms with Crippen LogP contribution in [0.4, 0.5) is 0 Å². The number of allylic oxidation sites excluding steroid dienone is 4. The predicted molar refractivity (Wildman–Crippen MR) is 185 cm³/mol. The van der Waals surface area contributed by atoms with E-state index < -0.39 is 8.07 Å². The molecule has 0 aliphatic heterocycles. The van der Waals surface area contributed by atoms with Gasteiger partial charge in [-0.2, -0.15) is 29.8 Å². The fourth-order valence-electron chi connectivity index (χ4n) is 5.52. The Labute approximate surface area is 298 Å². The van der Waals surface area contributed by atoms with Crippen LogP contribution >= 0.6 is 0 Å². The second-order valence-electron chi connectivity index (χ2n) is 14.9. The molecule has 4 heteroatoms. The van der Waals surface area contributed by atoms with Gasteiger partial charge in [0.15, 0.2) is 0 Å². The first kappa shape index (κ1) is 40.7. The maximum Gasteiger partial charge on any atom is -1.00 e. The van der Waals surface area contributed by atoms with Crippen LogP contribution in [0.5, 0.6) is 0 Å². The molecular weight excluding hydrogens is 671 g/mol. The summed E-state index contributed by atoms with van der Waals surface area (Å²) >= 11 is 1.54. The van der Waals surface area contributed by atoms with Crippen LogP contribution in [0.25, 0.3) is 11.1 Å². The van der Waals surface area contributed by atoms with E-state index in [9.17, 15) is 0 Å². The average Bonchev–Trinajstić information content (AvgIpc) is 3.46. The van der Waals surface area contributed by atoms with Crippen molar-refractivity contribution < 1.29 is 49.0 Å². The number of hydrogen-bond donors (Lipinski definition) is 0. The summed E-state index contributed by atoms with van der Waals surface area (Å²) in [5.41, 5.74) is 11.5. The maximum absolute atomic E-state index is 3.67. The minimum atomic E-state index is -1.07. The molecule has 1 atom stereocenters. The minimum Gasteiger partial charge on any atom is -1.00 e. The number of rotatable bonds is 3. The fraction of sp³-hybridized carbons (Fsp3) is 0.425. The first-order valence-electron chi connectivity index (χ1n) is 15.6. The van der Waals surface area contributed by atoms with E-state index in [1.165, 1.54) is 75.2 Å². The van der Waals surface area contributed by atoms with Gasteiger partial charge in [-0.25, -0.2) is 10.8 Å². The van der Waals surface area contributed by atoms with E-state index in [1.807, 2.05) is 0 Å². The molecule has 0 N–H and O–H groups in total. The Morgan fingerprint density at radius 1 is 0.864 bits per heavy atom. The zero-order chi connectivity index (χ0) is 31.5. The van der Waals surface area contributed by atoms with Crippen LogP contribution in [-0.4, -0.2) is 11.3 Å².